The molecule has 1 saturated heterocycles. The van der Waals surface area contributed by atoms with Gasteiger partial charge in [0, 0.05) is 0 Å². The number of rotatable bonds is 7. The van der Waals surface area contributed by atoms with Crippen LogP contribution in [-0.2, 0) is 15.0 Å². The monoisotopic (exact) mass is 608 g/mol. The van der Waals surface area contributed by atoms with E-state index in [1.807, 2.05) is 68.4 Å². The number of morpholine rings is 1. The third-order valence-corrected chi connectivity index (χ3v) is 10.1. The summed E-state index contributed by atoms with van der Waals surface area (Å²) >= 11 is -0.275. The van der Waals surface area contributed by atoms with Crippen molar-refractivity contribution in [1.82, 2.24) is 15.1 Å². The number of hydrogen-bond donors (Lipinski definition) is 1. The van der Waals surface area contributed by atoms with Gasteiger partial charge in [0.2, 0.25) is 0 Å². The molecule has 0 aliphatic carbocycles. The first-order valence-corrected chi connectivity index (χ1v) is 15.4. The second-order valence-electron chi connectivity index (χ2n) is 9.61. The van der Waals surface area contributed by atoms with Crippen LogP contribution in [0.2, 0.25) is 0 Å². The van der Waals surface area contributed by atoms with E-state index < -0.39 is 27.4 Å². The van der Waals surface area contributed by atoms with Gasteiger partial charge in [-0.3, -0.25) is 0 Å². The molecular weight excluding hydrogens is 579 g/mol. The van der Waals surface area contributed by atoms with E-state index in [1.54, 1.807) is 6.07 Å². The van der Waals surface area contributed by atoms with Crippen molar-refractivity contribution in [3.8, 4) is 0 Å². The zero-order chi connectivity index (χ0) is 27.6. The van der Waals surface area contributed by atoms with E-state index >= 15 is 0 Å². The van der Waals surface area contributed by atoms with Gasteiger partial charge in [0.1, 0.15) is 0 Å². The number of carbonyl (C=O) groups is 3. The molecule has 1 fully saturated rings. The Morgan fingerprint density at radius 2 is 1.74 bits per heavy atom. The fourth-order valence-corrected chi connectivity index (χ4v) is 7.71. The predicted octanol–water partition coefficient (Wildman–Crippen LogP) is 3.12. The molecule has 1 aliphatic heterocycles. The van der Waals surface area contributed by atoms with Gasteiger partial charge in [0.25, 0.3) is 0 Å². The number of nitrogens with zero attached hydrogens (tertiary/aromatic N) is 3. The normalized spacial score (nSPS) is 14.2. The van der Waals surface area contributed by atoms with Crippen LogP contribution in [0.1, 0.15) is 39.4 Å². The Morgan fingerprint density at radius 3 is 2.41 bits per heavy atom. The van der Waals surface area contributed by atoms with Crippen LogP contribution in [-0.4, -0.2) is 75.5 Å². The molecule has 1 N–H and O–H groups in total. The summed E-state index contributed by atoms with van der Waals surface area (Å²) in [6.07, 6.45) is -0.668. The first-order valence-electron chi connectivity index (χ1n) is 12.5. The summed E-state index contributed by atoms with van der Waals surface area (Å²) in [7, 11) is 1.27. The number of aromatic nitrogens is 2. The molecule has 0 bridgehead atoms. The number of anilines is 1. The second-order valence-corrected chi connectivity index (χ2v) is 13.1. The maximum atomic E-state index is 13.3. The van der Waals surface area contributed by atoms with Crippen LogP contribution in [0.15, 0.2) is 60.7 Å². The first kappa shape index (κ1) is 27.1. The summed E-state index contributed by atoms with van der Waals surface area (Å²) in [5, 5.41) is 8.14. The molecule has 11 heteroatoms. The zero-order valence-electron chi connectivity index (χ0n) is 21.9. The summed E-state index contributed by atoms with van der Waals surface area (Å²) in [6, 6.07) is 19.0. The van der Waals surface area contributed by atoms with Gasteiger partial charge in [0.15, 0.2) is 0 Å². The summed E-state index contributed by atoms with van der Waals surface area (Å²) in [6.45, 7) is 6.89. The molecule has 0 saturated carbocycles. The molecular formula is C28H29AsN4O5S. The molecule has 1 aliphatic rings. The molecule has 1 atom stereocenters. The van der Waals surface area contributed by atoms with E-state index in [1.165, 1.54) is 7.11 Å². The van der Waals surface area contributed by atoms with Gasteiger partial charge in [-0.05, 0) is 0 Å². The van der Waals surface area contributed by atoms with E-state index in [2.05, 4.69) is 15.3 Å². The Bertz CT molecular complexity index is 1510. The van der Waals surface area contributed by atoms with Crippen LogP contribution in [0.3, 0.4) is 0 Å². The van der Waals surface area contributed by atoms with Gasteiger partial charge < -0.3 is 0 Å². The molecule has 202 valence electrons. The molecule has 39 heavy (non-hydrogen) atoms. The summed E-state index contributed by atoms with van der Waals surface area (Å²) in [5.74, 6) is -0.266. The number of ether oxygens (including phenoxy) is 2. The van der Waals surface area contributed by atoms with Gasteiger partial charge in [-0.1, -0.05) is 0 Å². The molecule has 2 aromatic heterocycles. The van der Waals surface area contributed by atoms with Gasteiger partial charge in [0.05, 0.1) is 0 Å². The number of hydrogen-bond acceptors (Lipinski definition) is 8. The van der Waals surface area contributed by atoms with E-state index in [0.717, 1.165) is 40.4 Å². The zero-order valence-corrected chi connectivity index (χ0v) is 24.8. The summed E-state index contributed by atoms with van der Waals surface area (Å²) < 4.78 is 12.0. The average molecular weight is 609 g/mol. The fourth-order valence-electron chi connectivity index (χ4n) is 4.42. The van der Waals surface area contributed by atoms with Gasteiger partial charge in [-0.2, -0.15) is 0 Å². The van der Waals surface area contributed by atoms with Crippen molar-refractivity contribution in [2.45, 2.75) is 19.4 Å². The summed E-state index contributed by atoms with van der Waals surface area (Å²) in [5.41, 5.74) is 2.02. The van der Waals surface area contributed by atoms with Crippen LogP contribution in [0, 0.1) is 0 Å². The first-order chi connectivity index (χ1) is 18.8. The van der Waals surface area contributed by atoms with E-state index in [4.69, 9.17) is 9.47 Å². The molecule has 5 rings (SSSR count). The summed E-state index contributed by atoms with van der Waals surface area (Å²) in [4.78, 5) is 42.1. The predicted molar refractivity (Wildman–Crippen MR) is 153 cm³/mol. The number of methoxy groups -OCH3 is 1. The van der Waals surface area contributed by atoms with Crippen LogP contribution in [0.25, 0.3) is 10.2 Å². The molecule has 0 spiro atoms. The minimum atomic E-state index is -1.43. The van der Waals surface area contributed by atoms with Gasteiger partial charge in [-0.15, -0.1) is 0 Å². The number of carbonyl (C=O) groups excluding carboxylic acids is 3. The van der Waals surface area contributed by atoms with Gasteiger partial charge >= 0.3 is 237 Å². The SMILES string of the molecule is COC(=O)n1nc([AsH]C(=O)c2ccc(N3CCOCC3)cc2)c2cc(C(=O)NC(C)(C)c3ccccc3)sc21. The van der Waals surface area contributed by atoms with Crippen molar-refractivity contribution in [2.24, 2.45) is 0 Å². The van der Waals surface area contributed by atoms with E-state index in [-0.39, 0.29) is 10.5 Å². The quantitative estimate of drug-likeness (QED) is 0.322. The Hall–Kier alpha value is -3.46. The van der Waals surface area contributed by atoms with Crippen LogP contribution < -0.4 is 14.7 Å². The Kier molecular flexibility index (Phi) is 7.88. The average Bonchev–Trinajstić information content (AvgIpc) is 3.54. The molecule has 1 unspecified atom stereocenters. The van der Waals surface area contributed by atoms with Crippen molar-refractivity contribution in [3.63, 3.8) is 0 Å². The number of fused-ring (bicyclic) bond motifs is 1. The van der Waals surface area contributed by atoms with Crippen LogP contribution in [0.4, 0.5) is 10.5 Å². The van der Waals surface area contributed by atoms with E-state index in [0.29, 0.717) is 38.4 Å². The standard InChI is InChI=1S/C28H29AsN4O5S/c1-28(2,19-7-5-4-6-8-19)30-25(35)22-17-21-23(31-33(26(21)39-22)27(36)37-3)29-24(34)18-9-11-20(12-10-18)32-13-15-38-16-14-32/h4-12,17,29H,13-16H2,1-3H3,(H,30,35). The molecule has 1 amide bonds. The van der Waals surface area contributed by atoms with Crippen molar-refractivity contribution < 1.29 is 23.9 Å². The van der Waals surface area contributed by atoms with Crippen molar-refractivity contribution in [1.29, 1.82) is 0 Å². The van der Waals surface area contributed by atoms with Crippen LogP contribution in [0.5, 0.6) is 0 Å². The topological polar surface area (TPSA) is 103 Å². The number of amides is 1. The minimum absolute atomic E-state index is 0.0117. The van der Waals surface area contributed by atoms with Crippen molar-refractivity contribution >= 4 is 64.0 Å². The molecule has 9 nitrogen and oxygen atoms in total. The molecule has 3 heterocycles. The van der Waals surface area contributed by atoms with Crippen molar-refractivity contribution in [2.75, 3.05) is 38.3 Å². The fraction of sp³-hybridized carbons (Fsp3) is 0.286. The number of nitrogens with one attached hydrogen (secondary N) is 1. The third kappa shape index (κ3) is 5.78. The van der Waals surface area contributed by atoms with Gasteiger partial charge in [-0.25, -0.2) is 0 Å². The Labute approximate surface area is 236 Å². The maximum absolute atomic E-state index is 13.3. The molecule has 0 radical (unpaired) electrons. The van der Waals surface area contributed by atoms with E-state index in [9.17, 15) is 14.4 Å². The van der Waals surface area contributed by atoms with Crippen LogP contribution >= 0.6 is 11.3 Å². The Morgan fingerprint density at radius 1 is 1.05 bits per heavy atom. The third-order valence-electron chi connectivity index (χ3n) is 6.59. The Balaban J connectivity index is 1.39. The van der Waals surface area contributed by atoms with Crippen molar-refractivity contribution in [3.05, 3.63) is 76.7 Å². The molecule has 2 aromatic carbocycles. The number of benzene rings is 2. The molecule has 4 aromatic rings. The number of thiophene rings is 1. The second kappa shape index (κ2) is 11.3.